The van der Waals surface area contributed by atoms with Gasteiger partial charge in [0, 0.05) is 24.9 Å². The molecule has 7 heteroatoms. The molecule has 1 fully saturated rings. The van der Waals surface area contributed by atoms with Gasteiger partial charge in [0.05, 0.1) is 0 Å². The Balaban J connectivity index is 2.34. The second-order valence-corrected chi connectivity index (χ2v) is 7.50. The highest BCUT2D eigenvalue weighted by atomic mass is 32.2. The molecule has 3 N–H and O–H groups in total. The highest BCUT2D eigenvalue weighted by Gasteiger charge is 2.30. The Morgan fingerprint density at radius 3 is 2.71 bits per heavy atom. The summed E-state index contributed by atoms with van der Waals surface area (Å²) in [7, 11) is 1.49. The number of hydrogen-bond donors (Lipinski definition) is 2. The van der Waals surface area contributed by atoms with E-state index in [0.717, 1.165) is 23.2 Å². The van der Waals surface area contributed by atoms with E-state index in [1.165, 1.54) is 18.0 Å². The second-order valence-electron chi connectivity index (χ2n) is 5.81. The van der Waals surface area contributed by atoms with Gasteiger partial charge >= 0.3 is 5.69 Å². The molecule has 1 unspecified atom stereocenters. The summed E-state index contributed by atoms with van der Waals surface area (Å²) in [5.41, 5.74) is 5.69. The van der Waals surface area contributed by atoms with Gasteiger partial charge in [-0.1, -0.05) is 6.92 Å². The number of nitrogens with zero attached hydrogens (tertiary/aromatic N) is 2. The number of anilines is 2. The average molecular weight is 312 g/mol. The summed E-state index contributed by atoms with van der Waals surface area (Å²) in [6.07, 6.45) is 3.11. The monoisotopic (exact) mass is 312 g/mol. The summed E-state index contributed by atoms with van der Waals surface area (Å²) in [6.45, 7) is 5.36. The van der Waals surface area contributed by atoms with E-state index >= 15 is 0 Å². The van der Waals surface area contributed by atoms with Crippen LogP contribution in [0.3, 0.4) is 0 Å². The van der Waals surface area contributed by atoms with Gasteiger partial charge in [0.15, 0.2) is 0 Å². The molecule has 2 rings (SSSR count). The summed E-state index contributed by atoms with van der Waals surface area (Å²) in [4.78, 5) is 24.4. The Morgan fingerprint density at radius 2 is 2.14 bits per heavy atom. The number of nitrogens with two attached hydrogens (primary N) is 1. The first-order valence-corrected chi connectivity index (χ1v) is 8.35. The van der Waals surface area contributed by atoms with Gasteiger partial charge in [-0.05, 0) is 31.9 Å². The van der Waals surface area contributed by atoms with Crippen molar-refractivity contribution in [3.8, 4) is 0 Å². The number of thioether (sulfide) groups is 1. The van der Waals surface area contributed by atoms with Crippen molar-refractivity contribution in [2.45, 2.75) is 44.4 Å². The van der Waals surface area contributed by atoms with Crippen molar-refractivity contribution in [2.24, 2.45) is 7.05 Å². The summed E-state index contributed by atoms with van der Waals surface area (Å²) in [5.74, 6) is 1.40. The van der Waals surface area contributed by atoms with E-state index in [0.29, 0.717) is 18.8 Å². The van der Waals surface area contributed by atoms with Gasteiger partial charge in [0.25, 0.3) is 5.56 Å². The predicted molar refractivity (Wildman–Crippen MR) is 89.2 cm³/mol. The molecule has 6 nitrogen and oxygen atoms in total. The molecule has 1 aromatic heterocycles. The van der Waals surface area contributed by atoms with Crippen molar-refractivity contribution in [2.75, 3.05) is 23.3 Å². The van der Waals surface area contributed by atoms with Crippen molar-refractivity contribution in [3.63, 3.8) is 0 Å². The van der Waals surface area contributed by atoms with Gasteiger partial charge in [0.1, 0.15) is 11.5 Å². The lowest BCUT2D eigenvalue weighted by atomic mass is 10.1. The molecule has 0 aliphatic carbocycles. The molecule has 1 aromatic rings. The van der Waals surface area contributed by atoms with Crippen molar-refractivity contribution in [1.29, 1.82) is 0 Å². The lowest BCUT2D eigenvalue weighted by Crippen LogP contribution is -2.41. The van der Waals surface area contributed by atoms with Gasteiger partial charge < -0.3 is 11.1 Å². The lowest BCUT2D eigenvalue weighted by molar-refractivity contribution is 0.596. The molecule has 0 amide bonds. The smallest absolute Gasteiger partial charge is 0.332 e. The number of hydrogen-bond acceptors (Lipinski definition) is 5. The Bertz CT molecular complexity index is 629. The lowest BCUT2D eigenvalue weighted by Gasteiger charge is -2.24. The van der Waals surface area contributed by atoms with E-state index in [9.17, 15) is 9.59 Å². The Labute approximate surface area is 128 Å². The standard InChI is InChI=1S/C14H24N4O2S/c1-4-7-18-11(15)10(12(19)17(3)13(18)20)16-9-14(2)6-5-8-21-14/h16H,4-9,15H2,1-3H3. The van der Waals surface area contributed by atoms with Gasteiger partial charge in [-0.3, -0.25) is 13.9 Å². The Kier molecular flexibility index (Phi) is 4.70. The highest BCUT2D eigenvalue weighted by Crippen LogP contribution is 2.37. The van der Waals surface area contributed by atoms with E-state index in [-0.39, 0.29) is 21.8 Å². The van der Waals surface area contributed by atoms with Crippen LogP contribution >= 0.6 is 11.8 Å². The zero-order valence-electron chi connectivity index (χ0n) is 12.9. The molecule has 1 atom stereocenters. The molecule has 118 valence electrons. The first kappa shape index (κ1) is 16.0. The van der Waals surface area contributed by atoms with Gasteiger partial charge in [0.2, 0.25) is 0 Å². The molecule has 0 bridgehead atoms. The first-order chi connectivity index (χ1) is 9.89. The third-order valence-electron chi connectivity index (χ3n) is 3.97. The maximum Gasteiger partial charge on any atom is 0.332 e. The molecule has 2 heterocycles. The fourth-order valence-corrected chi connectivity index (χ4v) is 3.89. The summed E-state index contributed by atoms with van der Waals surface area (Å²) in [6, 6.07) is 0. The van der Waals surface area contributed by atoms with Crippen molar-refractivity contribution >= 4 is 23.3 Å². The van der Waals surface area contributed by atoms with Crippen LogP contribution in [0.5, 0.6) is 0 Å². The fraction of sp³-hybridized carbons (Fsp3) is 0.714. The zero-order valence-corrected chi connectivity index (χ0v) is 13.8. The molecule has 1 aliphatic heterocycles. The van der Waals surface area contributed by atoms with Gasteiger partial charge in [-0.15, -0.1) is 0 Å². The normalized spacial score (nSPS) is 21.7. The van der Waals surface area contributed by atoms with Crippen LogP contribution < -0.4 is 22.3 Å². The van der Waals surface area contributed by atoms with Crippen LogP contribution in [0.4, 0.5) is 11.5 Å². The molecule has 0 radical (unpaired) electrons. The van der Waals surface area contributed by atoms with E-state index in [4.69, 9.17) is 5.73 Å². The summed E-state index contributed by atoms with van der Waals surface area (Å²) in [5, 5.41) is 3.19. The fourth-order valence-electron chi connectivity index (χ4n) is 2.64. The minimum Gasteiger partial charge on any atom is -0.383 e. The first-order valence-electron chi connectivity index (χ1n) is 7.37. The third-order valence-corrected chi connectivity index (χ3v) is 5.51. The second kappa shape index (κ2) is 6.17. The minimum atomic E-state index is -0.355. The molecule has 0 saturated carbocycles. The quantitative estimate of drug-likeness (QED) is 0.855. The summed E-state index contributed by atoms with van der Waals surface area (Å²) < 4.78 is 2.72. The molecule has 21 heavy (non-hydrogen) atoms. The minimum absolute atomic E-state index is 0.128. The topological polar surface area (TPSA) is 82.0 Å². The van der Waals surface area contributed by atoms with Crippen LogP contribution in [0.15, 0.2) is 9.59 Å². The number of aromatic nitrogens is 2. The van der Waals surface area contributed by atoms with Crippen LogP contribution in [0, 0.1) is 0 Å². The predicted octanol–water partition coefficient (Wildman–Crippen LogP) is 1.24. The molecule has 0 spiro atoms. The Hall–Kier alpha value is -1.37. The van der Waals surface area contributed by atoms with Crippen LogP contribution in [0.25, 0.3) is 0 Å². The maximum absolute atomic E-state index is 12.3. The van der Waals surface area contributed by atoms with Crippen molar-refractivity contribution < 1.29 is 0 Å². The van der Waals surface area contributed by atoms with Gasteiger partial charge in [-0.2, -0.15) is 11.8 Å². The van der Waals surface area contributed by atoms with Crippen molar-refractivity contribution in [1.82, 2.24) is 9.13 Å². The SMILES string of the molecule is CCCn1c(N)c(NCC2(C)CCCS2)c(=O)n(C)c1=O. The number of rotatable bonds is 5. The van der Waals surface area contributed by atoms with E-state index in [2.05, 4.69) is 12.2 Å². The van der Waals surface area contributed by atoms with Crippen LogP contribution in [-0.4, -0.2) is 26.2 Å². The van der Waals surface area contributed by atoms with Crippen LogP contribution in [0.1, 0.15) is 33.1 Å². The van der Waals surface area contributed by atoms with Crippen LogP contribution in [-0.2, 0) is 13.6 Å². The van der Waals surface area contributed by atoms with E-state index in [1.54, 1.807) is 0 Å². The number of nitrogen functional groups attached to an aromatic ring is 1. The van der Waals surface area contributed by atoms with Crippen molar-refractivity contribution in [3.05, 3.63) is 20.8 Å². The zero-order chi connectivity index (χ0) is 15.6. The van der Waals surface area contributed by atoms with E-state index < -0.39 is 0 Å². The van der Waals surface area contributed by atoms with E-state index in [1.807, 2.05) is 18.7 Å². The van der Waals surface area contributed by atoms with Gasteiger partial charge in [-0.25, -0.2) is 4.79 Å². The maximum atomic E-state index is 12.3. The number of nitrogens with one attached hydrogen (secondary N) is 1. The summed E-state index contributed by atoms with van der Waals surface area (Å²) >= 11 is 1.92. The average Bonchev–Trinajstić information content (AvgIpc) is 2.88. The highest BCUT2D eigenvalue weighted by molar-refractivity contribution is 8.00. The molecule has 1 saturated heterocycles. The Morgan fingerprint density at radius 1 is 1.43 bits per heavy atom. The third kappa shape index (κ3) is 3.12. The molecular weight excluding hydrogens is 288 g/mol. The molecule has 1 aliphatic rings. The largest absolute Gasteiger partial charge is 0.383 e. The van der Waals surface area contributed by atoms with Crippen LogP contribution in [0.2, 0.25) is 0 Å². The molecular formula is C14H24N4O2S. The molecule has 0 aromatic carbocycles.